The molecular formula is C16H26N2O. The van der Waals surface area contributed by atoms with E-state index in [1.165, 1.54) is 22.3 Å². The lowest BCUT2D eigenvalue weighted by Gasteiger charge is -2.13. The van der Waals surface area contributed by atoms with Crippen LogP contribution in [0.15, 0.2) is 12.1 Å². The van der Waals surface area contributed by atoms with Crippen molar-refractivity contribution in [2.45, 2.75) is 40.5 Å². The summed E-state index contributed by atoms with van der Waals surface area (Å²) >= 11 is 0. The van der Waals surface area contributed by atoms with Gasteiger partial charge in [-0.2, -0.15) is 0 Å². The second-order valence-electron chi connectivity index (χ2n) is 5.52. The van der Waals surface area contributed by atoms with E-state index in [4.69, 9.17) is 5.73 Å². The Hall–Kier alpha value is -1.35. The maximum Gasteiger partial charge on any atom is 0.220 e. The maximum atomic E-state index is 11.7. The molecule has 1 atom stereocenters. The molecule has 0 aliphatic carbocycles. The number of hydrogen-bond acceptors (Lipinski definition) is 2. The number of carbonyl (C=O) groups is 1. The Balaban J connectivity index is 2.48. The topological polar surface area (TPSA) is 55.1 Å². The first-order valence-electron chi connectivity index (χ1n) is 6.97. The lowest BCUT2D eigenvalue weighted by molar-refractivity contribution is -0.121. The van der Waals surface area contributed by atoms with Gasteiger partial charge in [-0.15, -0.1) is 0 Å². The molecule has 1 amide bonds. The van der Waals surface area contributed by atoms with Gasteiger partial charge in [-0.1, -0.05) is 24.6 Å². The van der Waals surface area contributed by atoms with Gasteiger partial charge in [0, 0.05) is 13.0 Å². The van der Waals surface area contributed by atoms with Crippen LogP contribution < -0.4 is 11.1 Å². The van der Waals surface area contributed by atoms with E-state index in [1.54, 1.807) is 0 Å². The number of benzene rings is 1. The highest BCUT2D eigenvalue weighted by molar-refractivity contribution is 5.76. The number of nitrogens with two attached hydrogens (primary N) is 1. The summed E-state index contributed by atoms with van der Waals surface area (Å²) in [7, 11) is 0. The average Bonchev–Trinajstić information content (AvgIpc) is 2.32. The monoisotopic (exact) mass is 262 g/mol. The molecular weight excluding hydrogens is 236 g/mol. The summed E-state index contributed by atoms with van der Waals surface area (Å²) in [5.41, 5.74) is 10.8. The van der Waals surface area contributed by atoms with Gasteiger partial charge in [-0.3, -0.25) is 4.79 Å². The van der Waals surface area contributed by atoms with E-state index in [0.29, 0.717) is 19.5 Å². The molecule has 3 N–H and O–H groups in total. The second kappa shape index (κ2) is 7.29. The molecule has 0 radical (unpaired) electrons. The van der Waals surface area contributed by atoms with Gasteiger partial charge in [0.25, 0.3) is 0 Å². The number of amides is 1. The molecule has 0 heterocycles. The minimum atomic E-state index is 0.0976. The van der Waals surface area contributed by atoms with Crippen molar-refractivity contribution in [1.29, 1.82) is 0 Å². The van der Waals surface area contributed by atoms with E-state index in [1.807, 2.05) is 6.92 Å². The van der Waals surface area contributed by atoms with Crippen LogP contribution in [0.4, 0.5) is 0 Å². The maximum absolute atomic E-state index is 11.7. The summed E-state index contributed by atoms with van der Waals surface area (Å²) in [4.78, 5) is 11.7. The molecule has 0 spiro atoms. The summed E-state index contributed by atoms with van der Waals surface area (Å²) in [5.74, 6) is 0.350. The van der Waals surface area contributed by atoms with Gasteiger partial charge < -0.3 is 11.1 Å². The molecule has 1 aromatic rings. The summed E-state index contributed by atoms with van der Waals surface area (Å²) < 4.78 is 0. The molecule has 0 bridgehead atoms. The Bertz CT molecular complexity index is 417. The standard InChI is InChI=1S/C16H26N2O/c1-11-7-13(3)15(14(4)8-11)5-6-18-16(19)9-12(2)10-17/h7-8,12H,5-6,9-10,17H2,1-4H3,(H,18,19). The van der Waals surface area contributed by atoms with E-state index >= 15 is 0 Å². The Morgan fingerprint density at radius 2 is 1.84 bits per heavy atom. The van der Waals surface area contributed by atoms with Crippen LogP contribution in [0, 0.1) is 26.7 Å². The molecule has 1 rings (SSSR count). The zero-order valence-corrected chi connectivity index (χ0v) is 12.5. The number of aryl methyl sites for hydroxylation is 3. The third kappa shape index (κ3) is 5.03. The van der Waals surface area contributed by atoms with Gasteiger partial charge >= 0.3 is 0 Å². The molecule has 19 heavy (non-hydrogen) atoms. The van der Waals surface area contributed by atoms with Crippen LogP contribution in [-0.2, 0) is 11.2 Å². The van der Waals surface area contributed by atoms with Crippen LogP contribution in [0.25, 0.3) is 0 Å². The van der Waals surface area contributed by atoms with Crippen molar-refractivity contribution in [1.82, 2.24) is 5.32 Å². The van der Waals surface area contributed by atoms with E-state index in [2.05, 4.69) is 38.2 Å². The second-order valence-corrected chi connectivity index (χ2v) is 5.52. The number of carbonyl (C=O) groups excluding carboxylic acids is 1. The molecule has 0 aliphatic rings. The van der Waals surface area contributed by atoms with Crippen LogP contribution in [0.3, 0.4) is 0 Å². The highest BCUT2D eigenvalue weighted by Crippen LogP contribution is 2.16. The third-order valence-corrected chi connectivity index (χ3v) is 3.47. The number of nitrogens with one attached hydrogen (secondary N) is 1. The fourth-order valence-electron chi connectivity index (χ4n) is 2.40. The normalized spacial score (nSPS) is 12.3. The lowest BCUT2D eigenvalue weighted by Crippen LogP contribution is -2.29. The highest BCUT2D eigenvalue weighted by atomic mass is 16.1. The average molecular weight is 262 g/mol. The zero-order valence-electron chi connectivity index (χ0n) is 12.5. The van der Waals surface area contributed by atoms with Crippen LogP contribution in [0.1, 0.15) is 35.6 Å². The molecule has 1 unspecified atom stereocenters. The fourth-order valence-corrected chi connectivity index (χ4v) is 2.40. The first-order valence-corrected chi connectivity index (χ1v) is 6.97. The molecule has 1 aromatic carbocycles. The van der Waals surface area contributed by atoms with Crippen LogP contribution in [0.2, 0.25) is 0 Å². The van der Waals surface area contributed by atoms with Crippen molar-refractivity contribution in [3.63, 3.8) is 0 Å². The Morgan fingerprint density at radius 3 is 2.37 bits per heavy atom. The van der Waals surface area contributed by atoms with E-state index in [-0.39, 0.29) is 11.8 Å². The molecule has 3 nitrogen and oxygen atoms in total. The Labute approximate surface area is 116 Å². The lowest BCUT2D eigenvalue weighted by atomic mass is 9.97. The van der Waals surface area contributed by atoms with E-state index < -0.39 is 0 Å². The molecule has 0 saturated carbocycles. The summed E-state index contributed by atoms with van der Waals surface area (Å²) in [6.45, 7) is 9.62. The fraction of sp³-hybridized carbons (Fsp3) is 0.562. The van der Waals surface area contributed by atoms with Gasteiger partial charge in [0.05, 0.1) is 0 Å². The van der Waals surface area contributed by atoms with Gasteiger partial charge in [0.15, 0.2) is 0 Å². The first kappa shape index (κ1) is 15.7. The third-order valence-electron chi connectivity index (χ3n) is 3.47. The van der Waals surface area contributed by atoms with Crippen molar-refractivity contribution < 1.29 is 4.79 Å². The Kier molecular flexibility index (Phi) is 6.03. The van der Waals surface area contributed by atoms with Crippen molar-refractivity contribution in [2.24, 2.45) is 11.7 Å². The summed E-state index contributed by atoms with van der Waals surface area (Å²) in [6.07, 6.45) is 1.41. The predicted octanol–water partition coefficient (Wildman–Crippen LogP) is 2.26. The van der Waals surface area contributed by atoms with Crippen LogP contribution in [-0.4, -0.2) is 19.0 Å². The van der Waals surface area contributed by atoms with Gasteiger partial charge in [-0.25, -0.2) is 0 Å². The van der Waals surface area contributed by atoms with Crippen molar-refractivity contribution in [2.75, 3.05) is 13.1 Å². The quantitative estimate of drug-likeness (QED) is 0.826. The highest BCUT2D eigenvalue weighted by Gasteiger charge is 2.08. The first-order chi connectivity index (χ1) is 8.93. The SMILES string of the molecule is Cc1cc(C)c(CCNC(=O)CC(C)CN)c(C)c1. The number of hydrogen-bond donors (Lipinski definition) is 2. The van der Waals surface area contributed by atoms with Crippen molar-refractivity contribution in [3.05, 3.63) is 34.4 Å². The summed E-state index contributed by atoms with van der Waals surface area (Å²) in [6, 6.07) is 4.39. The molecule has 0 aliphatic heterocycles. The van der Waals surface area contributed by atoms with Gasteiger partial charge in [-0.05, 0) is 56.3 Å². The molecule has 106 valence electrons. The van der Waals surface area contributed by atoms with Gasteiger partial charge in [0.2, 0.25) is 5.91 Å². The predicted molar refractivity (Wildman–Crippen MR) is 80.2 cm³/mol. The smallest absolute Gasteiger partial charge is 0.220 e. The zero-order chi connectivity index (χ0) is 14.4. The van der Waals surface area contributed by atoms with Crippen molar-refractivity contribution in [3.8, 4) is 0 Å². The van der Waals surface area contributed by atoms with E-state index in [0.717, 1.165) is 6.42 Å². The molecule has 0 fully saturated rings. The number of rotatable bonds is 6. The largest absolute Gasteiger partial charge is 0.356 e. The van der Waals surface area contributed by atoms with E-state index in [9.17, 15) is 4.79 Å². The molecule has 0 saturated heterocycles. The van der Waals surface area contributed by atoms with Crippen molar-refractivity contribution >= 4 is 5.91 Å². The van der Waals surface area contributed by atoms with Gasteiger partial charge in [0.1, 0.15) is 0 Å². The molecule has 0 aromatic heterocycles. The minimum absolute atomic E-state index is 0.0976. The minimum Gasteiger partial charge on any atom is -0.356 e. The van der Waals surface area contributed by atoms with Crippen LogP contribution in [0.5, 0.6) is 0 Å². The summed E-state index contributed by atoms with van der Waals surface area (Å²) in [5, 5.41) is 2.97. The Morgan fingerprint density at radius 1 is 1.26 bits per heavy atom. The van der Waals surface area contributed by atoms with Crippen LogP contribution >= 0.6 is 0 Å². The molecule has 3 heteroatoms.